The van der Waals surface area contributed by atoms with E-state index in [4.69, 9.17) is 0 Å². The minimum absolute atomic E-state index is 0.906. The highest BCUT2D eigenvalue weighted by molar-refractivity contribution is 7.99. The first kappa shape index (κ1) is 11.6. The van der Waals surface area contributed by atoms with Crippen LogP contribution in [-0.4, -0.2) is 5.75 Å². The molecule has 0 aliphatic rings. The number of thioether (sulfide) groups is 1. The molecule has 0 bridgehead atoms. The molecule has 1 N–H and O–H groups in total. The van der Waals surface area contributed by atoms with Gasteiger partial charge in [0, 0.05) is 17.1 Å². The van der Waals surface area contributed by atoms with Crippen LogP contribution in [-0.2, 0) is 6.54 Å². The molecule has 0 amide bonds. The second kappa shape index (κ2) is 5.97. The Balaban J connectivity index is 1.96. The third-order valence-electron chi connectivity index (χ3n) is 2.22. The Kier molecular flexibility index (Phi) is 4.31. The Morgan fingerprint density at radius 3 is 3.00 bits per heavy atom. The van der Waals surface area contributed by atoms with Crippen molar-refractivity contribution < 1.29 is 0 Å². The van der Waals surface area contributed by atoms with Gasteiger partial charge < -0.3 is 5.32 Å². The van der Waals surface area contributed by atoms with E-state index in [0.29, 0.717) is 0 Å². The summed E-state index contributed by atoms with van der Waals surface area (Å²) in [6.45, 7) is 3.08. The van der Waals surface area contributed by atoms with E-state index in [9.17, 15) is 0 Å². The molecule has 2 rings (SSSR count). The van der Waals surface area contributed by atoms with Crippen LogP contribution in [0.15, 0.2) is 46.0 Å². The molecule has 0 saturated carbocycles. The van der Waals surface area contributed by atoms with E-state index in [1.54, 1.807) is 11.3 Å². The summed E-state index contributed by atoms with van der Waals surface area (Å²) < 4.78 is 0. The molecule has 1 heterocycles. The van der Waals surface area contributed by atoms with Gasteiger partial charge in [0.1, 0.15) is 0 Å². The van der Waals surface area contributed by atoms with E-state index in [-0.39, 0.29) is 0 Å². The summed E-state index contributed by atoms with van der Waals surface area (Å²) in [5.74, 6) is 1.12. The molecule has 84 valence electrons. The second-order valence-electron chi connectivity index (χ2n) is 3.45. The fourth-order valence-electron chi connectivity index (χ4n) is 1.46. The minimum atomic E-state index is 0.906. The van der Waals surface area contributed by atoms with Gasteiger partial charge in [0.05, 0.1) is 0 Å². The van der Waals surface area contributed by atoms with Crippen LogP contribution in [0.5, 0.6) is 0 Å². The predicted molar refractivity (Wildman–Crippen MR) is 74.5 cm³/mol. The van der Waals surface area contributed by atoms with Crippen LogP contribution in [0.3, 0.4) is 0 Å². The van der Waals surface area contributed by atoms with Crippen molar-refractivity contribution in [3.63, 3.8) is 0 Å². The molecule has 0 fully saturated rings. The normalized spacial score (nSPS) is 10.3. The lowest BCUT2D eigenvalue weighted by Gasteiger charge is -2.06. The number of anilines is 1. The maximum atomic E-state index is 3.44. The van der Waals surface area contributed by atoms with Gasteiger partial charge in [-0.3, -0.25) is 0 Å². The number of hydrogen-bond donors (Lipinski definition) is 1. The average molecular weight is 249 g/mol. The third kappa shape index (κ3) is 3.29. The Labute approximate surface area is 105 Å². The Morgan fingerprint density at radius 1 is 1.31 bits per heavy atom. The smallest absolute Gasteiger partial charge is 0.0409 e. The largest absolute Gasteiger partial charge is 0.381 e. The molecule has 3 heteroatoms. The van der Waals surface area contributed by atoms with Gasteiger partial charge in [-0.05, 0) is 46.3 Å². The molecule has 1 aromatic carbocycles. The zero-order valence-electron chi connectivity index (χ0n) is 9.27. The second-order valence-corrected chi connectivity index (χ2v) is 5.56. The van der Waals surface area contributed by atoms with Crippen molar-refractivity contribution in [2.24, 2.45) is 0 Å². The SMILES string of the molecule is CCSc1cccc(NCc2ccsc2)c1. The Bertz CT molecular complexity index is 423. The van der Waals surface area contributed by atoms with Gasteiger partial charge in [-0.2, -0.15) is 11.3 Å². The lowest BCUT2D eigenvalue weighted by atomic mass is 10.3. The first-order valence-corrected chi connectivity index (χ1v) is 7.29. The van der Waals surface area contributed by atoms with E-state index in [2.05, 4.69) is 53.3 Å². The van der Waals surface area contributed by atoms with Crippen LogP contribution in [0.4, 0.5) is 5.69 Å². The van der Waals surface area contributed by atoms with Gasteiger partial charge in [-0.1, -0.05) is 13.0 Å². The van der Waals surface area contributed by atoms with Crippen LogP contribution in [0.1, 0.15) is 12.5 Å². The molecule has 1 nitrogen and oxygen atoms in total. The van der Waals surface area contributed by atoms with E-state index >= 15 is 0 Å². The first-order chi connectivity index (χ1) is 7.88. The molecule has 2 aromatic rings. The van der Waals surface area contributed by atoms with E-state index in [1.165, 1.54) is 16.1 Å². The molecule has 0 radical (unpaired) electrons. The van der Waals surface area contributed by atoms with Crippen LogP contribution in [0.25, 0.3) is 0 Å². The monoisotopic (exact) mass is 249 g/mol. The van der Waals surface area contributed by atoms with Gasteiger partial charge in [0.2, 0.25) is 0 Å². The summed E-state index contributed by atoms with van der Waals surface area (Å²) >= 11 is 3.62. The van der Waals surface area contributed by atoms with E-state index in [1.807, 2.05) is 11.8 Å². The Morgan fingerprint density at radius 2 is 2.25 bits per heavy atom. The fraction of sp³-hybridized carbons (Fsp3) is 0.231. The highest BCUT2D eigenvalue weighted by Gasteiger charge is 1.96. The quantitative estimate of drug-likeness (QED) is 0.785. The van der Waals surface area contributed by atoms with E-state index in [0.717, 1.165) is 12.3 Å². The highest BCUT2D eigenvalue weighted by atomic mass is 32.2. The minimum Gasteiger partial charge on any atom is -0.381 e. The lowest BCUT2D eigenvalue weighted by molar-refractivity contribution is 1.16. The van der Waals surface area contributed by atoms with Crippen molar-refractivity contribution in [2.45, 2.75) is 18.4 Å². The number of hydrogen-bond acceptors (Lipinski definition) is 3. The van der Waals surface area contributed by atoms with Crippen LogP contribution < -0.4 is 5.32 Å². The standard InChI is InChI=1S/C13H15NS2/c1-2-16-13-5-3-4-12(8-13)14-9-11-6-7-15-10-11/h3-8,10,14H,2,9H2,1H3. The molecule has 1 aromatic heterocycles. The van der Waals surface area contributed by atoms with Crippen molar-refractivity contribution >= 4 is 28.8 Å². The topological polar surface area (TPSA) is 12.0 Å². The summed E-state index contributed by atoms with van der Waals surface area (Å²) in [6.07, 6.45) is 0. The summed E-state index contributed by atoms with van der Waals surface area (Å²) in [5, 5.41) is 7.73. The van der Waals surface area contributed by atoms with Crippen LogP contribution in [0, 0.1) is 0 Å². The molecule has 0 aliphatic heterocycles. The van der Waals surface area contributed by atoms with Crippen LogP contribution >= 0.6 is 23.1 Å². The van der Waals surface area contributed by atoms with Crippen LogP contribution in [0.2, 0.25) is 0 Å². The average Bonchev–Trinajstić information content (AvgIpc) is 2.80. The van der Waals surface area contributed by atoms with Gasteiger partial charge in [0.25, 0.3) is 0 Å². The zero-order valence-corrected chi connectivity index (χ0v) is 10.9. The van der Waals surface area contributed by atoms with E-state index < -0.39 is 0 Å². The molecule has 0 aliphatic carbocycles. The van der Waals surface area contributed by atoms with Gasteiger partial charge in [-0.25, -0.2) is 0 Å². The predicted octanol–water partition coefficient (Wildman–Crippen LogP) is 4.47. The van der Waals surface area contributed by atoms with Crippen molar-refractivity contribution in [1.82, 2.24) is 0 Å². The maximum Gasteiger partial charge on any atom is 0.0409 e. The molecule has 0 unspecified atom stereocenters. The number of nitrogens with one attached hydrogen (secondary N) is 1. The van der Waals surface area contributed by atoms with Crippen molar-refractivity contribution in [3.05, 3.63) is 46.7 Å². The third-order valence-corrected chi connectivity index (χ3v) is 3.83. The summed E-state index contributed by atoms with van der Waals surface area (Å²) in [5.41, 5.74) is 2.54. The molecular weight excluding hydrogens is 234 g/mol. The Hall–Kier alpha value is -0.930. The number of thiophene rings is 1. The van der Waals surface area contributed by atoms with Crippen molar-refractivity contribution in [3.8, 4) is 0 Å². The first-order valence-electron chi connectivity index (χ1n) is 5.36. The maximum absolute atomic E-state index is 3.44. The lowest BCUT2D eigenvalue weighted by Crippen LogP contribution is -1.97. The fourth-order valence-corrected chi connectivity index (χ4v) is 2.85. The van der Waals surface area contributed by atoms with Crippen molar-refractivity contribution in [2.75, 3.05) is 11.1 Å². The zero-order chi connectivity index (χ0) is 11.2. The summed E-state index contributed by atoms with van der Waals surface area (Å²) in [4.78, 5) is 1.33. The molecular formula is C13H15NS2. The summed E-state index contributed by atoms with van der Waals surface area (Å²) in [6, 6.07) is 10.7. The molecule has 0 atom stereocenters. The van der Waals surface area contributed by atoms with Gasteiger partial charge >= 0.3 is 0 Å². The van der Waals surface area contributed by atoms with Crippen molar-refractivity contribution in [1.29, 1.82) is 0 Å². The summed E-state index contributed by atoms with van der Waals surface area (Å²) in [7, 11) is 0. The molecule has 0 saturated heterocycles. The highest BCUT2D eigenvalue weighted by Crippen LogP contribution is 2.21. The number of benzene rings is 1. The number of rotatable bonds is 5. The van der Waals surface area contributed by atoms with Gasteiger partial charge in [-0.15, -0.1) is 11.8 Å². The van der Waals surface area contributed by atoms with Gasteiger partial charge in [0.15, 0.2) is 0 Å². The molecule has 0 spiro atoms. The molecule has 16 heavy (non-hydrogen) atoms.